The van der Waals surface area contributed by atoms with Crippen molar-refractivity contribution in [2.24, 2.45) is 5.73 Å². The van der Waals surface area contributed by atoms with E-state index in [1.807, 2.05) is 0 Å². The van der Waals surface area contributed by atoms with Crippen LogP contribution in [0, 0.1) is 0 Å². The number of hydrogen-bond acceptors (Lipinski definition) is 2. The summed E-state index contributed by atoms with van der Waals surface area (Å²) < 4.78 is 2.49. The van der Waals surface area contributed by atoms with Crippen molar-refractivity contribution in [2.45, 2.75) is 57.0 Å². The molecule has 1 atom stereocenters. The summed E-state index contributed by atoms with van der Waals surface area (Å²) >= 11 is 0. The van der Waals surface area contributed by atoms with Crippen molar-refractivity contribution in [3.05, 3.63) is 17.7 Å². The fraction of sp³-hybridized carbons (Fsp3) is 0.750. The van der Waals surface area contributed by atoms with Gasteiger partial charge in [0.2, 0.25) is 0 Å². The normalized spacial score (nSPS) is 23.1. The molecule has 2 fully saturated rings. The van der Waals surface area contributed by atoms with Crippen molar-refractivity contribution in [1.29, 1.82) is 0 Å². The van der Waals surface area contributed by atoms with Gasteiger partial charge in [0.05, 0.1) is 0 Å². The van der Waals surface area contributed by atoms with Crippen molar-refractivity contribution < 1.29 is 0 Å². The highest BCUT2D eigenvalue weighted by molar-refractivity contribution is 5.19. The predicted octanol–water partition coefficient (Wildman–Crippen LogP) is 1.99. The molecule has 0 aromatic carbocycles. The monoisotopic (exact) mass is 205 g/mol. The molecule has 2 saturated carbocycles. The van der Waals surface area contributed by atoms with Crippen LogP contribution in [-0.2, 0) is 6.42 Å². The van der Waals surface area contributed by atoms with Gasteiger partial charge in [0.15, 0.2) is 0 Å². The summed E-state index contributed by atoms with van der Waals surface area (Å²) in [6, 6.07) is 0.966. The van der Waals surface area contributed by atoms with Gasteiger partial charge in [-0.15, -0.1) is 0 Å². The topological polar surface area (TPSA) is 43.8 Å². The second kappa shape index (κ2) is 3.34. The van der Waals surface area contributed by atoms with Crippen LogP contribution in [0.15, 0.2) is 6.20 Å². The Morgan fingerprint density at radius 2 is 2.20 bits per heavy atom. The summed E-state index contributed by atoms with van der Waals surface area (Å²) in [7, 11) is 0. The number of nitrogens with two attached hydrogens (primary N) is 1. The predicted molar refractivity (Wildman–Crippen MR) is 59.8 cm³/mol. The first kappa shape index (κ1) is 9.40. The molecule has 1 heterocycles. The van der Waals surface area contributed by atoms with Gasteiger partial charge in [-0.3, -0.25) is 0 Å². The van der Waals surface area contributed by atoms with E-state index in [1.165, 1.54) is 37.2 Å². The highest BCUT2D eigenvalue weighted by Gasteiger charge is 2.34. The van der Waals surface area contributed by atoms with Crippen LogP contribution < -0.4 is 5.73 Å². The summed E-state index contributed by atoms with van der Waals surface area (Å²) in [4.78, 5) is 4.56. The number of hydrogen-bond donors (Lipinski definition) is 1. The Labute approximate surface area is 90.7 Å². The van der Waals surface area contributed by atoms with Crippen molar-refractivity contribution in [2.75, 3.05) is 0 Å². The molecule has 0 radical (unpaired) electrons. The van der Waals surface area contributed by atoms with E-state index in [0.29, 0.717) is 0 Å². The second-order valence-electron chi connectivity index (χ2n) is 5.16. The Balaban J connectivity index is 1.91. The van der Waals surface area contributed by atoms with Crippen molar-refractivity contribution in [3.8, 4) is 0 Å². The Hall–Kier alpha value is -0.830. The molecule has 1 unspecified atom stereocenters. The third-order valence-electron chi connectivity index (χ3n) is 3.31. The standard InChI is InChI=1S/C12H19N3/c1-8(13)6-12-14-7-11(9-2-3-9)15(12)10-4-5-10/h7-10H,2-6,13H2,1H3. The number of imidazole rings is 1. The highest BCUT2D eigenvalue weighted by atomic mass is 15.1. The number of aromatic nitrogens is 2. The minimum Gasteiger partial charge on any atom is -0.329 e. The molecule has 2 aliphatic carbocycles. The van der Waals surface area contributed by atoms with E-state index in [-0.39, 0.29) is 6.04 Å². The van der Waals surface area contributed by atoms with Crippen LogP contribution in [0.5, 0.6) is 0 Å². The fourth-order valence-electron chi connectivity index (χ4n) is 2.29. The van der Waals surface area contributed by atoms with Gasteiger partial charge in [-0.2, -0.15) is 0 Å². The Kier molecular flexibility index (Phi) is 2.09. The van der Waals surface area contributed by atoms with Crippen LogP contribution in [-0.4, -0.2) is 15.6 Å². The van der Waals surface area contributed by atoms with Crippen molar-refractivity contribution in [3.63, 3.8) is 0 Å². The zero-order chi connectivity index (χ0) is 10.4. The lowest BCUT2D eigenvalue weighted by atomic mass is 10.2. The van der Waals surface area contributed by atoms with Gasteiger partial charge >= 0.3 is 0 Å². The molecule has 82 valence electrons. The van der Waals surface area contributed by atoms with Crippen LogP contribution >= 0.6 is 0 Å². The van der Waals surface area contributed by atoms with Gasteiger partial charge in [-0.25, -0.2) is 4.98 Å². The molecule has 0 aliphatic heterocycles. The first-order chi connectivity index (χ1) is 7.25. The van der Waals surface area contributed by atoms with Crippen LogP contribution in [0.25, 0.3) is 0 Å². The lowest BCUT2D eigenvalue weighted by Crippen LogP contribution is -2.20. The number of nitrogens with zero attached hydrogens (tertiary/aromatic N) is 2. The van der Waals surface area contributed by atoms with Gasteiger partial charge < -0.3 is 10.3 Å². The van der Waals surface area contributed by atoms with E-state index in [2.05, 4.69) is 22.7 Å². The maximum absolute atomic E-state index is 5.86. The summed E-state index contributed by atoms with van der Waals surface area (Å²) in [6.07, 6.45) is 8.40. The molecule has 3 rings (SSSR count). The molecular formula is C12H19N3. The van der Waals surface area contributed by atoms with Crippen LogP contribution in [0.2, 0.25) is 0 Å². The summed E-state index contributed by atoms with van der Waals surface area (Å²) in [6.45, 7) is 2.06. The average molecular weight is 205 g/mol. The van der Waals surface area contributed by atoms with Gasteiger partial charge in [0.1, 0.15) is 5.82 Å². The van der Waals surface area contributed by atoms with Gasteiger partial charge in [0, 0.05) is 36.3 Å². The van der Waals surface area contributed by atoms with E-state index in [1.54, 1.807) is 0 Å². The van der Waals surface area contributed by atoms with Crippen LogP contribution in [0.1, 0.15) is 56.1 Å². The van der Waals surface area contributed by atoms with Crippen LogP contribution in [0.4, 0.5) is 0 Å². The molecule has 1 aromatic heterocycles. The van der Waals surface area contributed by atoms with Crippen molar-refractivity contribution >= 4 is 0 Å². The molecule has 15 heavy (non-hydrogen) atoms. The van der Waals surface area contributed by atoms with Gasteiger partial charge in [-0.1, -0.05) is 0 Å². The lowest BCUT2D eigenvalue weighted by Gasteiger charge is -2.11. The number of rotatable bonds is 4. The lowest BCUT2D eigenvalue weighted by molar-refractivity contribution is 0.609. The molecule has 0 saturated heterocycles. The Bertz CT molecular complexity index is 359. The summed E-state index contributed by atoms with van der Waals surface area (Å²) in [5.74, 6) is 2.02. The highest BCUT2D eigenvalue weighted by Crippen LogP contribution is 2.45. The van der Waals surface area contributed by atoms with E-state index in [0.717, 1.165) is 18.4 Å². The SMILES string of the molecule is CC(N)Cc1ncc(C2CC2)n1C1CC1. The zero-order valence-corrected chi connectivity index (χ0v) is 9.32. The molecule has 0 amide bonds. The second-order valence-corrected chi connectivity index (χ2v) is 5.16. The minimum atomic E-state index is 0.219. The van der Waals surface area contributed by atoms with Gasteiger partial charge in [0.25, 0.3) is 0 Å². The molecule has 0 spiro atoms. The molecule has 1 aromatic rings. The van der Waals surface area contributed by atoms with Gasteiger partial charge in [-0.05, 0) is 32.6 Å². The van der Waals surface area contributed by atoms with Crippen molar-refractivity contribution in [1.82, 2.24) is 9.55 Å². The minimum absolute atomic E-state index is 0.219. The first-order valence-electron chi connectivity index (χ1n) is 6.07. The molecule has 0 bridgehead atoms. The largest absolute Gasteiger partial charge is 0.329 e. The molecule has 2 N–H and O–H groups in total. The summed E-state index contributed by atoms with van der Waals surface area (Å²) in [5.41, 5.74) is 7.34. The first-order valence-corrected chi connectivity index (χ1v) is 6.07. The quantitative estimate of drug-likeness (QED) is 0.817. The Morgan fingerprint density at radius 3 is 2.73 bits per heavy atom. The molecule has 2 aliphatic rings. The molecule has 3 nitrogen and oxygen atoms in total. The van der Waals surface area contributed by atoms with E-state index >= 15 is 0 Å². The third-order valence-corrected chi connectivity index (χ3v) is 3.31. The smallest absolute Gasteiger partial charge is 0.110 e. The third kappa shape index (κ3) is 1.81. The van der Waals surface area contributed by atoms with Crippen LogP contribution in [0.3, 0.4) is 0 Å². The average Bonchev–Trinajstić information content (AvgIpc) is 3.06. The maximum Gasteiger partial charge on any atom is 0.110 e. The van der Waals surface area contributed by atoms with E-state index < -0.39 is 0 Å². The maximum atomic E-state index is 5.86. The molecular weight excluding hydrogens is 186 g/mol. The fourth-order valence-corrected chi connectivity index (χ4v) is 2.29. The summed E-state index contributed by atoms with van der Waals surface area (Å²) in [5, 5.41) is 0. The van der Waals surface area contributed by atoms with E-state index in [4.69, 9.17) is 5.73 Å². The Morgan fingerprint density at radius 1 is 1.47 bits per heavy atom. The zero-order valence-electron chi connectivity index (χ0n) is 9.32. The van der Waals surface area contributed by atoms with E-state index in [9.17, 15) is 0 Å². The molecule has 3 heteroatoms.